The molecule has 1 aromatic carbocycles. The van der Waals surface area contributed by atoms with E-state index in [9.17, 15) is 4.39 Å². The maximum Gasteiger partial charge on any atom is 0.0928 e. The van der Waals surface area contributed by atoms with E-state index in [1.165, 1.54) is 95.5 Å². The molecule has 2 aliphatic rings. The fourth-order valence-electron chi connectivity index (χ4n) is 5.97. The predicted octanol–water partition coefficient (Wildman–Crippen LogP) is 9.20. The molecule has 168 valence electrons. The highest BCUT2D eigenvalue weighted by Gasteiger charge is 2.30. The van der Waals surface area contributed by atoms with Crippen LogP contribution in [-0.4, -0.2) is 6.67 Å². The normalized spacial score (nSPS) is 27.5. The monoisotopic (exact) mass is 412 g/mol. The highest BCUT2D eigenvalue weighted by molar-refractivity contribution is 5.26. The molecule has 0 atom stereocenters. The molecule has 2 aliphatic carbocycles. The summed E-state index contributed by atoms with van der Waals surface area (Å²) in [7, 11) is 0. The first kappa shape index (κ1) is 23.6. The second kappa shape index (κ2) is 13.3. The highest BCUT2D eigenvalue weighted by atomic mass is 19.1. The molecule has 2 saturated carbocycles. The predicted molar refractivity (Wildman–Crippen MR) is 129 cm³/mol. The van der Waals surface area contributed by atoms with Gasteiger partial charge in [0, 0.05) is 0 Å². The van der Waals surface area contributed by atoms with Crippen molar-refractivity contribution in [3.05, 3.63) is 47.5 Å². The molecule has 0 bridgehead atoms. The number of allylic oxidation sites excluding steroid dienone is 2. The first-order valence-electron chi connectivity index (χ1n) is 13.1. The largest absolute Gasteiger partial charge is 0.251 e. The Labute approximate surface area is 185 Å². The van der Waals surface area contributed by atoms with Crippen molar-refractivity contribution in [2.75, 3.05) is 6.67 Å². The van der Waals surface area contributed by atoms with Crippen LogP contribution in [0.3, 0.4) is 0 Å². The summed E-state index contributed by atoms with van der Waals surface area (Å²) < 4.78 is 12.3. The Morgan fingerprint density at radius 1 is 0.800 bits per heavy atom. The van der Waals surface area contributed by atoms with E-state index in [-0.39, 0.29) is 6.67 Å². The maximum atomic E-state index is 12.3. The minimum Gasteiger partial charge on any atom is -0.251 e. The lowest BCUT2D eigenvalue weighted by Crippen LogP contribution is -2.25. The molecule has 2 fully saturated rings. The van der Waals surface area contributed by atoms with Gasteiger partial charge in [0.05, 0.1) is 6.67 Å². The molecule has 1 aromatic rings. The first-order chi connectivity index (χ1) is 14.8. The number of halogens is 1. The van der Waals surface area contributed by atoms with Crippen molar-refractivity contribution < 1.29 is 4.39 Å². The molecule has 30 heavy (non-hydrogen) atoms. The third-order valence-electron chi connectivity index (χ3n) is 7.96. The Morgan fingerprint density at radius 2 is 1.43 bits per heavy atom. The van der Waals surface area contributed by atoms with Crippen LogP contribution in [0.1, 0.15) is 114 Å². The van der Waals surface area contributed by atoms with Crippen LogP contribution in [0.5, 0.6) is 0 Å². The van der Waals surface area contributed by atoms with E-state index >= 15 is 0 Å². The molecule has 0 unspecified atom stereocenters. The number of hydrogen-bond donors (Lipinski definition) is 0. The molecule has 0 amide bonds. The zero-order chi connectivity index (χ0) is 21.0. The van der Waals surface area contributed by atoms with Gasteiger partial charge in [-0.2, -0.15) is 0 Å². The van der Waals surface area contributed by atoms with Gasteiger partial charge < -0.3 is 0 Å². The minimum absolute atomic E-state index is 0.211. The van der Waals surface area contributed by atoms with Crippen molar-refractivity contribution >= 4 is 0 Å². The average molecular weight is 413 g/mol. The highest BCUT2D eigenvalue weighted by Crippen LogP contribution is 2.44. The number of hydrogen-bond acceptors (Lipinski definition) is 0. The number of unbranched alkanes of at least 4 members (excludes halogenated alkanes) is 4. The molecular formula is C29H45F. The summed E-state index contributed by atoms with van der Waals surface area (Å²) in [6.45, 7) is 2.07. The van der Waals surface area contributed by atoms with Crippen molar-refractivity contribution in [3.63, 3.8) is 0 Å². The molecule has 0 nitrogen and oxygen atoms in total. The van der Waals surface area contributed by atoms with E-state index in [4.69, 9.17) is 0 Å². The summed E-state index contributed by atoms with van der Waals surface area (Å²) in [5.41, 5.74) is 3.12. The lowest BCUT2D eigenvalue weighted by atomic mass is 9.68. The van der Waals surface area contributed by atoms with E-state index in [2.05, 4.69) is 43.3 Å². The Hall–Kier alpha value is -1.11. The summed E-state index contributed by atoms with van der Waals surface area (Å²) in [5.74, 6) is 3.42. The first-order valence-corrected chi connectivity index (χ1v) is 13.1. The van der Waals surface area contributed by atoms with Crippen LogP contribution in [0.4, 0.5) is 4.39 Å². The molecule has 1 heteroatoms. The number of aryl methyl sites for hydroxylation is 1. The SMILES string of the molecule is CCCCCCCc1ccc(C2CCC(C3CCC(C=CCCF)CC3)CC2)cc1. The van der Waals surface area contributed by atoms with E-state index < -0.39 is 0 Å². The molecule has 0 spiro atoms. The van der Waals surface area contributed by atoms with Gasteiger partial charge in [-0.15, -0.1) is 0 Å². The van der Waals surface area contributed by atoms with Crippen LogP contribution in [-0.2, 0) is 6.42 Å². The van der Waals surface area contributed by atoms with E-state index in [0.717, 1.165) is 17.8 Å². The van der Waals surface area contributed by atoms with Crippen LogP contribution >= 0.6 is 0 Å². The quantitative estimate of drug-likeness (QED) is 0.251. The van der Waals surface area contributed by atoms with Crippen molar-refractivity contribution in [2.45, 2.75) is 109 Å². The van der Waals surface area contributed by atoms with Gasteiger partial charge in [-0.1, -0.05) is 69.0 Å². The Balaban J connectivity index is 1.36. The second-order valence-electron chi connectivity index (χ2n) is 10.1. The zero-order valence-corrected chi connectivity index (χ0v) is 19.5. The smallest absolute Gasteiger partial charge is 0.0928 e. The summed E-state index contributed by atoms with van der Waals surface area (Å²) in [4.78, 5) is 0. The van der Waals surface area contributed by atoms with Gasteiger partial charge in [0.15, 0.2) is 0 Å². The van der Waals surface area contributed by atoms with Crippen LogP contribution in [0.2, 0.25) is 0 Å². The van der Waals surface area contributed by atoms with Crippen molar-refractivity contribution in [1.29, 1.82) is 0 Å². The van der Waals surface area contributed by atoms with Crippen LogP contribution < -0.4 is 0 Å². The third-order valence-corrected chi connectivity index (χ3v) is 7.96. The topological polar surface area (TPSA) is 0 Å². The van der Waals surface area contributed by atoms with E-state index in [0.29, 0.717) is 12.3 Å². The van der Waals surface area contributed by atoms with Gasteiger partial charge in [0.25, 0.3) is 0 Å². The molecular weight excluding hydrogens is 367 g/mol. The Morgan fingerprint density at radius 3 is 2.07 bits per heavy atom. The third kappa shape index (κ3) is 7.54. The molecule has 3 rings (SSSR count). The fourth-order valence-corrected chi connectivity index (χ4v) is 5.97. The summed E-state index contributed by atoms with van der Waals surface area (Å²) >= 11 is 0. The lowest BCUT2D eigenvalue weighted by Gasteiger charge is -2.37. The molecule has 0 saturated heterocycles. The molecule has 0 N–H and O–H groups in total. The van der Waals surface area contributed by atoms with Gasteiger partial charge in [0.2, 0.25) is 0 Å². The molecule has 0 radical (unpaired) electrons. The average Bonchev–Trinajstić information content (AvgIpc) is 2.80. The van der Waals surface area contributed by atoms with Crippen molar-refractivity contribution in [2.24, 2.45) is 17.8 Å². The molecule has 0 aromatic heterocycles. The zero-order valence-electron chi connectivity index (χ0n) is 19.5. The summed E-state index contributed by atoms with van der Waals surface area (Å²) in [5, 5.41) is 0. The number of rotatable bonds is 11. The standard InChI is InChI=1S/C29H45F/c1-2-3-4-5-6-9-24-11-15-26(16-12-24)28-19-21-29(22-20-28)27-17-13-25(14-18-27)10-7-8-23-30/h7,10-12,15-16,25,27-29H,2-6,8-9,13-14,17-23H2,1H3. The van der Waals surface area contributed by atoms with E-state index in [1.807, 2.05) is 0 Å². The van der Waals surface area contributed by atoms with Crippen molar-refractivity contribution in [1.82, 2.24) is 0 Å². The lowest BCUT2D eigenvalue weighted by molar-refractivity contribution is 0.171. The fraction of sp³-hybridized carbons (Fsp3) is 0.724. The van der Waals surface area contributed by atoms with Crippen molar-refractivity contribution in [3.8, 4) is 0 Å². The Kier molecular flexibility index (Phi) is 10.5. The van der Waals surface area contributed by atoms with Crippen LogP contribution in [0, 0.1) is 17.8 Å². The molecule has 0 heterocycles. The second-order valence-corrected chi connectivity index (χ2v) is 10.1. The maximum absolute atomic E-state index is 12.3. The molecule has 0 aliphatic heterocycles. The van der Waals surface area contributed by atoms with Gasteiger partial charge >= 0.3 is 0 Å². The summed E-state index contributed by atoms with van der Waals surface area (Å²) in [6.07, 6.45) is 24.1. The van der Waals surface area contributed by atoms with Crippen LogP contribution in [0.25, 0.3) is 0 Å². The van der Waals surface area contributed by atoms with Gasteiger partial charge in [-0.25, -0.2) is 0 Å². The van der Waals surface area contributed by atoms with Gasteiger partial charge in [0.1, 0.15) is 0 Å². The van der Waals surface area contributed by atoms with E-state index in [1.54, 1.807) is 5.56 Å². The number of alkyl halides is 1. The Bertz CT molecular complexity index is 585. The van der Waals surface area contributed by atoms with Gasteiger partial charge in [-0.3, -0.25) is 4.39 Å². The van der Waals surface area contributed by atoms with Gasteiger partial charge in [-0.05, 0) is 105 Å². The van der Waals surface area contributed by atoms with Crippen LogP contribution in [0.15, 0.2) is 36.4 Å². The minimum atomic E-state index is -0.211. The number of benzene rings is 1. The summed E-state index contributed by atoms with van der Waals surface area (Å²) in [6, 6.07) is 9.67.